The van der Waals surface area contributed by atoms with E-state index in [-0.39, 0.29) is 0 Å². The maximum absolute atomic E-state index is 5.07. The SMILES string of the molecule is c1cc2c([nH]1)OCN2. The highest BCUT2D eigenvalue weighted by Crippen LogP contribution is 2.25. The lowest BCUT2D eigenvalue weighted by molar-refractivity contribution is 0.360. The standard InChI is InChI=1S/C5H6N2O/c1-2-6-5-4(1)7-3-8-5/h1-2,6-7H,3H2. The molecule has 0 aromatic carbocycles. The van der Waals surface area contributed by atoms with Gasteiger partial charge in [0.05, 0.1) is 5.69 Å². The predicted molar refractivity (Wildman–Crippen MR) is 29.9 cm³/mol. The zero-order valence-corrected chi connectivity index (χ0v) is 4.27. The largest absolute Gasteiger partial charge is 0.456 e. The Hall–Kier alpha value is -1.12. The van der Waals surface area contributed by atoms with E-state index < -0.39 is 0 Å². The molecule has 42 valence electrons. The Labute approximate surface area is 46.7 Å². The van der Waals surface area contributed by atoms with Gasteiger partial charge in [-0.3, -0.25) is 0 Å². The molecule has 1 aliphatic heterocycles. The van der Waals surface area contributed by atoms with Crippen molar-refractivity contribution < 1.29 is 4.74 Å². The number of anilines is 1. The summed E-state index contributed by atoms with van der Waals surface area (Å²) in [4.78, 5) is 2.93. The lowest BCUT2D eigenvalue weighted by Crippen LogP contribution is -1.97. The van der Waals surface area contributed by atoms with Crippen LogP contribution >= 0.6 is 0 Å². The summed E-state index contributed by atoms with van der Waals surface area (Å²) < 4.78 is 5.07. The molecule has 2 rings (SSSR count). The second-order valence-corrected chi connectivity index (χ2v) is 1.69. The van der Waals surface area contributed by atoms with E-state index in [1.54, 1.807) is 0 Å². The quantitative estimate of drug-likeness (QED) is 0.517. The Morgan fingerprint density at radius 3 is 3.50 bits per heavy atom. The number of H-pyrrole nitrogens is 1. The number of ether oxygens (including phenoxy) is 1. The van der Waals surface area contributed by atoms with Gasteiger partial charge in [-0.15, -0.1) is 0 Å². The average molecular weight is 110 g/mol. The van der Waals surface area contributed by atoms with E-state index in [1.165, 1.54) is 0 Å². The van der Waals surface area contributed by atoms with E-state index >= 15 is 0 Å². The Bertz CT molecular complexity index is 176. The highest BCUT2D eigenvalue weighted by molar-refractivity contribution is 5.55. The first-order valence-corrected chi connectivity index (χ1v) is 2.51. The third-order valence-corrected chi connectivity index (χ3v) is 1.19. The van der Waals surface area contributed by atoms with Crippen LogP contribution in [-0.4, -0.2) is 11.7 Å². The van der Waals surface area contributed by atoms with Crippen molar-refractivity contribution in [3.63, 3.8) is 0 Å². The van der Waals surface area contributed by atoms with Crippen LogP contribution in [-0.2, 0) is 0 Å². The van der Waals surface area contributed by atoms with Gasteiger partial charge in [-0.05, 0) is 6.07 Å². The van der Waals surface area contributed by atoms with E-state index in [1.807, 2.05) is 12.3 Å². The summed E-state index contributed by atoms with van der Waals surface area (Å²) in [5, 5.41) is 3.03. The first-order chi connectivity index (χ1) is 3.97. The molecule has 0 unspecified atom stereocenters. The van der Waals surface area contributed by atoms with Gasteiger partial charge in [-0.2, -0.15) is 0 Å². The normalized spacial score (nSPS) is 14.5. The van der Waals surface area contributed by atoms with Gasteiger partial charge in [0.1, 0.15) is 0 Å². The molecule has 0 spiro atoms. The molecule has 3 heteroatoms. The van der Waals surface area contributed by atoms with Gasteiger partial charge < -0.3 is 15.0 Å². The van der Waals surface area contributed by atoms with Crippen LogP contribution in [0.3, 0.4) is 0 Å². The van der Waals surface area contributed by atoms with E-state index in [0.717, 1.165) is 11.6 Å². The van der Waals surface area contributed by atoms with Crippen LogP contribution in [0.15, 0.2) is 12.3 Å². The average Bonchev–Trinajstić information content (AvgIpc) is 2.15. The van der Waals surface area contributed by atoms with Crippen LogP contribution in [0.1, 0.15) is 0 Å². The molecule has 2 heterocycles. The predicted octanol–water partition coefficient (Wildman–Crippen LogP) is 0.776. The van der Waals surface area contributed by atoms with Crippen LogP contribution < -0.4 is 10.1 Å². The van der Waals surface area contributed by atoms with Crippen LogP contribution in [0.25, 0.3) is 0 Å². The van der Waals surface area contributed by atoms with Gasteiger partial charge in [0.25, 0.3) is 0 Å². The lowest BCUT2D eigenvalue weighted by Gasteiger charge is -1.87. The molecule has 0 saturated carbocycles. The molecule has 0 aliphatic carbocycles. The van der Waals surface area contributed by atoms with Gasteiger partial charge in [-0.1, -0.05) is 0 Å². The Kier molecular flexibility index (Phi) is 0.566. The monoisotopic (exact) mass is 110 g/mol. The number of aromatic amines is 1. The molecule has 1 aromatic rings. The fourth-order valence-corrected chi connectivity index (χ4v) is 0.799. The van der Waals surface area contributed by atoms with E-state index in [0.29, 0.717) is 6.73 Å². The number of hydrogen-bond acceptors (Lipinski definition) is 2. The van der Waals surface area contributed by atoms with Crippen molar-refractivity contribution in [3.8, 4) is 5.88 Å². The number of nitrogens with one attached hydrogen (secondary N) is 2. The number of fused-ring (bicyclic) bond motifs is 1. The molecule has 0 saturated heterocycles. The molecule has 2 N–H and O–H groups in total. The number of hydrogen-bond donors (Lipinski definition) is 2. The highest BCUT2D eigenvalue weighted by Gasteiger charge is 2.09. The van der Waals surface area contributed by atoms with Crippen molar-refractivity contribution in [2.24, 2.45) is 0 Å². The van der Waals surface area contributed by atoms with Crippen molar-refractivity contribution in [3.05, 3.63) is 12.3 Å². The zero-order chi connectivity index (χ0) is 5.40. The number of rotatable bonds is 0. The third-order valence-electron chi connectivity index (χ3n) is 1.19. The first kappa shape index (κ1) is 3.83. The van der Waals surface area contributed by atoms with Crippen molar-refractivity contribution in [2.45, 2.75) is 0 Å². The van der Waals surface area contributed by atoms with Gasteiger partial charge >= 0.3 is 0 Å². The van der Waals surface area contributed by atoms with E-state index in [9.17, 15) is 0 Å². The molecule has 0 bridgehead atoms. The lowest BCUT2D eigenvalue weighted by atomic mass is 10.5. The Balaban J connectivity index is 2.54. The molecule has 1 aromatic heterocycles. The third kappa shape index (κ3) is 0.332. The molecule has 0 atom stereocenters. The minimum atomic E-state index is 0.599. The smallest absolute Gasteiger partial charge is 0.216 e. The van der Waals surface area contributed by atoms with Crippen LogP contribution in [0, 0.1) is 0 Å². The molecular formula is C5H6N2O. The maximum atomic E-state index is 5.07. The molecule has 1 aliphatic rings. The Morgan fingerprint density at radius 2 is 2.62 bits per heavy atom. The minimum Gasteiger partial charge on any atom is -0.456 e. The summed E-state index contributed by atoms with van der Waals surface area (Å²) >= 11 is 0. The molecule has 0 radical (unpaired) electrons. The molecule has 8 heavy (non-hydrogen) atoms. The summed E-state index contributed by atoms with van der Waals surface area (Å²) in [5.41, 5.74) is 1.06. The maximum Gasteiger partial charge on any atom is 0.216 e. The number of aromatic nitrogens is 1. The second kappa shape index (κ2) is 1.18. The van der Waals surface area contributed by atoms with Crippen molar-refractivity contribution >= 4 is 5.69 Å². The van der Waals surface area contributed by atoms with Gasteiger partial charge in [0.2, 0.25) is 5.88 Å². The zero-order valence-electron chi connectivity index (χ0n) is 4.27. The van der Waals surface area contributed by atoms with Crippen molar-refractivity contribution in [1.29, 1.82) is 0 Å². The Morgan fingerprint density at radius 1 is 1.62 bits per heavy atom. The minimum absolute atomic E-state index is 0.599. The van der Waals surface area contributed by atoms with Crippen molar-refractivity contribution in [2.75, 3.05) is 12.0 Å². The van der Waals surface area contributed by atoms with Crippen LogP contribution in [0.2, 0.25) is 0 Å². The summed E-state index contributed by atoms with van der Waals surface area (Å²) in [6.45, 7) is 0.599. The summed E-state index contributed by atoms with van der Waals surface area (Å²) in [5.74, 6) is 0.852. The van der Waals surface area contributed by atoms with E-state index in [4.69, 9.17) is 4.74 Å². The van der Waals surface area contributed by atoms with E-state index in [2.05, 4.69) is 10.3 Å². The van der Waals surface area contributed by atoms with Gasteiger partial charge in [0.15, 0.2) is 6.73 Å². The second-order valence-electron chi connectivity index (χ2n) is 1.69. The molecule has 3 nitrogen and oxygen atoms in total. The van der Waals surface area contributed by atoms with Crippen molar-refractivity contribution in [1.82, 2.24) is 4.98 Å². The highest BCUT2D eigenvalue weighted by atomic mass is 16.5. The fourth-order valence-electron chi connectivity index (χ4n) is 0.799. The molecule has 0 amide bonds. The topological polar surface area (TPSA) is 37.0 Å². The summed E-state index contributed by atoms with van der Waals surface area (Å²) in [7, 11) is 0. The summed E-state index contributed by atoms with van der Waals surface area (Å²) in [6.07, 6.45) is 1.84. The first-order valence-electron chi connectivity index (χ1n) is 2.51. The fraction of sp³-hybridized carbons (Fsp3) is 0.200. The van der Waals surface area contributed by atoms with Gasteiger partial charge in [0, 0.05) is 6.20 Å². The molecule has 0 fully saturated rings. The summed E-state index contributed by atoms with van der Waals surface area (Å²) in [6, 6.07) is 1.95. The van der Waals surface area contributed by atoms with Crippen LogP contribution in [0.5, 0.6) is 5.88 Å². The van der Waals surface area contributed by atoms with Gasteiger partial charge in [-0.25, -0.2) is 0 Å². The van der Waals surface area contributed by atoms with Crippen LogP contribution in [0.4, 0.5) is 5.69 Å². The molecular weight excluding hydrogens is 104 g/mol.